The van der Waals surface area contributed by atoms with E-state index < -0.39 is 95.2 Å². The Hall–Kier alpha value is -8.68. The molecular weight excluding hydrogens is 995 g/mol. The van der Waals surface area contributed by atoms with E-state index >= 15 is 0 Å². The van der Waals surface area contributed by atoms with E-state index in [2.05, 4.69) is 47.2 Å². The molecule has 0 unspecified atom stereocenters. The molecule has 0 fully saturated rings. The van der Waals surface area contributed by atoms with Crippen molar-refractivity contribution in [2.75, 3.05) is 6.54 Å². The van der Waals surface area contributed by atoms with E-state index in [1.54, 1.807) is 62.1 Å². The van der Waals surface area contributed by atoms with Crippen molar-refractivity contribution in [2.24, 2.45) is 17.1 Å². The molecule has 20 heteroatoms. The molecule has 4 aromatic carbocycles. The summed E-state index contributed by atoms with van der Waals surface area (Å²) in [7, 11) is 0. The lowest BCUT2D eigenvalue weighted by molar-refractivity contribution is -0.136. The third kappa shape index (κ3) is 16.4. The van der Waals surface area contributed by atoms with Crippen molar-refractivity contribution in [3.8, 4) is 11.5 Å². The van der Waals surface area contributed by atoms with Crippen LogP contribution in [-0.4, -0.2) is 104 Å². The van der Waals surface area contributed by atoms with Gasteiger partial charge in [0.05, 0.1) is 18.3 Å². The molecule has 0 saturated heterocycles. The van der Waals surface area contributed by atoms with Gasteiger partial charge in [-0.05, 0) is 85.0 Å². The lowest BCUT2D eigenvalue weighted by Gasteiger charge is -2.31. The van der Waals surface area contributed by atoms with E-state index in [9.17, 15) is 38.4 Å². The van der Waals surface area contributed by atoms with Crippen molar-refractivity contribution in [1.29, 1.82) is 0 Å². The SMILES string of the molecule is CC(=O)N[C@H]1Cc2cn(nn2)CCCC[C@@H](C(N)=O)NC(=O)[C@@H](Cc2ccc(C)cc2)NC(=O)CNC(=O)[C@@H](C(C)(C)C)CC(=O)[C@@H](Cc2ccc(Oc3ccccc3)cc2)NC(=O)[C@@H](Cc2c[nH]c3ccccc23)NC1=O. The Morgan fingerprint density at radius 3 is 2.04 bits per heavy atom. The monoisotopic (exact) mass is 1060 g/mol. The maximum absolute atomic E-state index is 15.0. The molecular formula is C58H69N11O9. The summed E-state index contributed by atoms with van der Waals surface area (Å²) in [4.78, 5) is 115. The van der Waals surface area contributed by atoms with Crippen LogP contribution in [0.2, 0.25) is 0 Å². The number of Topliss-reactive ketones (excluding diaryl/α,β-unsaturated/α-hetero) is 1. The molecule has 20 nitrogen and oxygen atoms in total. The van der Waals surface area contributed by atoms with Gasteiger partial charge in [-0.2, -0.15) is 0 Å². The molecule has 7 rings (SSSR count). The number of ether oxygens (including phenoxy) is 1. The fourth-order valence-corrected chi connectivity index (χ4v) is 9.30. The maximum atomic E-state index is 15.0. The lowest BCUT2D eigenvalue weighted by Crippen LogP contribution is -2.57. The Balaban J connectivity index is 1.23. The number of benzene rings is 4. The number of H-pyrrole nitrogens is 1. The van der Waals surface area contributed by atoms with Crippen molar-refractivity contribution in [2.45, 2.75) is 123 Å². The first-order valence-corrected chi connectivity index (χ1v) is 26.2. The maximum Gasteiger partial charge on any atom is 0.243 e. The summed E-state index contributed by atoms with van der Waals surface area (Å²) in [5, 5.41) is 25.9. The van der Waals surface area contributed by atoms with E-state index in [1.807, 2.05) is 85.8 Å². The van der Waals surface area contributed by atoms with Gasteiger partial charge in [0.1, 0.15) is 35.7 Å². The zero-order chi connectivity index (χ0) is 55.9. The predicted octanol–water partition coefficient (Wildman–Crippen LogP) is 3.98. The van der Waals surface area contributed by atoms with Crippen LogP contribution >= 0.6 is 0 Å². The minimum Gasteiger partial charge on any atom is -0.457 e. The fourth-order valence-electron chi connectivity index (χ4n) is 9.30. The first kappa shape index (κ1) is 57.0. The molecule has 3 heterocycles. The van der Waals surface area contributed by atoms with Gasteiger partial charge in [0.15, 0.2) is 5.78 Å². The third-order valence-corrected chi connectivity index (χ3v) is 13.7. The van der Waals surface area contributed by atoms with Gasteiger partial charge in [-0.15, -0.1) is 5.10 Å². The van der Waals surface area contributed by atoms with Gasteiger partial charge < -0.3 is 47.4 Å². The molecule has 6 atom stereocenters. The fraction of sp³-hybridized carbons (Fsp3) is 0.379. The highest BCUT2D eigenvalue weighted by atomic mass is 16.5. The van der Waals surface area contributed by atoms with Crippen molar-refractivity contribution in [3.63, 3.8) is 0 Å². The molecule has 2 aromatic heterocycles. The van der Waals surface area contributed by atoms with E-state index in [4.69, 9.17) is 10.5 Å². The van der Waals surface area contributed by atoms with Crippen LogP contribution in [0.1, 0.15) is 81.3 Å². The number of primary amides is 1. The van der Waals surface area contributed by atoms with Crippen LogP contribution in [0, 0.1) is 18.3 Å². The summed E-state index contributed by atoms with van der Waals surface area (Å²) in [5.74, 6) is -5.11. The minimum absolute atomic E-state index is 0.0317. The topological polar surface area (TPSA) is 290 Å². The second-order valence-corrected chi connectivity index (χ2v) is 21.0. The van der Waals surface area contributed by atoms with E-state index in [0.29, 0.717) is 47.7 Å². The molecule has 0 aliphatic carbocycles. The number of aromatic amines is 1. The predicted molar refractivity (Wildman–Crippen MR) is 291 cm³/mol. The summed E-state index contributed by atoms with van der Waals surface area (Å²) in [6.45, 7) is 8.28. The molecule has 7 amide bonds. The Bertz CT molecular complexity index is 3080. The number of carbonyl (C=O) groups excluding carboxylic acids is 8. The Kier molecular flexibility index (Phi) is 19.3. The van der Waals surface area contributed by atoms with Crippen LogP contribution in [-0.2, 0) is 70.6 Å². The number of aryl methyl sites for hydroxylation is 2. The Morgan fingerprint density at radius 2 is 1.35 bits per heavy atom. The number of ketones is 1. The Morgan fingerprint density at radius 1 is 0.718 bits per heavy atom. The largest absolute Gasteiger partial charge is 0.457 e. The summed E-state index contributed by atoms with van der Waals surface area (Å²) in [5.41, 5.74) is 9.10. The number of fused-ring (bicyclic) bond motifs is 3. The molecule has 6 aromatic rings. The molecule has 1 aliphatic heterocycles. The van der Waals surface area contributed by atoms with Gasteiger partial charge >= 0.3 is 0 Å². The van der Waals surface area contributed by atoms with E-state index in [1.165, 1.54) is 6.92 Å². The third-order valence-electron chi connectivity index (χ3n) is 13.7. The van der Waals surface area contributed by atoms with Crippen LogP contribution in [0.25, 0.3) is 10.9 Å². The van der Waals surface area contributed by atoms with Crippen molar-refractivity contribution < 1.29 is 43.1 Å². The molecule has 2 bridgehead atoms. The zero-order valence-electron chi connectivity index (χ0n) is 44.6. The van der Waals surface area contributed by atoms with Crippen molar-refractivity contribution >= 4 is 58.0 Å². The average Bonchev–Trinajstić information content (AvgIpc) is 4.04. The number of para-hydroxylation sites is 2. The van der Waals surface area contributed by atoms with Gasteiger partial charge in [0.25, 0.3) is 0 Å². The summed E-state index contributed by atoms with van der Waals surface area (Å²) < 4.78 is 7.56. The number of nitrogens with two attached hydrogens (primary N) is 1. The normalized spacial score (nSPS) is 21.0. The van der Waals surface area contributed by atoms with Gasteiger partial charge in [-0.25, -0.2) is 0 Å². The molecule has 410 valence electrons. The molecule has 0 spiro atoms. The van der Waals surface area contributed by atoms with E-state index in [-0.39, 0.29) is 38.5 Å². The number of hydrogen-bond donors (Lipinski definition) is 8. The van der Waals surface area contributed by atoms with Crippen LogP contribution in [0.4, 0.5) is 0 Å². The standard InChI is InChI=1S/C58H69N11O9/c1-35-18-20-37(21-19-35)28-48-55(75)64-46(53(59)73)17-11-12-26-69-34-40(67-68-69)30-50(62-36(2)70)57(77)66-49(29-39-32-60-45-16-10-9-15-43(39)45)56(76)65-47(27-38-22-24-42(25-23-38)78-41-13-7-6-8-14-41)51(71)31-44(58(3,4)5)54(74)61-33-52(72)63-48/h6-10,13-16,18-25,32,34,44,46-50,60H,11-12,17,26-31,33H2,1-5H3,(H2,59,73)(H,61,74)(H,62,70)(H,63,72)(H,64,75)(H,65,76)(H,66,77)/t44-,46-,47+,48+,49+,50-/m0/s1. The number of amides is 7. The molecule has 9 N–H and O–H groups in total. The number of rotatable bonds is 10. The quantitative estimate of drug-likeness (QED) is 0.0971. The van der Waals surface area contributed by atoms with Crippen LogP contribution < -0.4 is 42.4 Å². The average molecular weight is 1060 g/mol. The number of nitrogens with zero attached hydrogens (tertiary/aromatic N) is 3. The second-order valence-electron chi connectivity index (χ2n) is 21.0. The zero-order valence-corrected chi connectivity index (χ0v) is 44.6. The van der Waals surface area contributed by atoms with Crippen molar-refractivity contribution in [1.82, 2.24) is 51.9 Å². The first-order chi connectivity index (χ1) is 37.3. The number of carbonyl (C=O) groups is 8. The highest BCUT2D eigenvalue weighted by molar-refractivity contribution is 5.98. The molecule has 1 aliphatic rings. The van der Waals surface area contributed by atoms with E-state index in [0.717, 1.165) is 22.0 Å². The number of hydrogen-bond acceptors (Lipinski definition) is 11. The summed E-state index contributed by atoms with van der Waals surface area (Å²) >= 11 is 0. The van der Waals surface area contributed by atoms with Crippen LogP contribution in [0.15, 0.2) is 116 Å². The van der Waals surface area contributed by atoms with Gasteiger partial charge in [-0.1, -0.05) is 104 Å². The molecule has 0 saturated carbocycles. The van der Waals surface area contributed by atoms with Crippen LogP contribution in [0.3, 0.4) is 0 Å². The van der Waals surface area contributed by atoms with Crippen LogP contribution in [0.5, 0.6) is 11.5 Å². The highest BCUT2D eigenvalue weighted by Gasteiger charge is 2.37. The highest BCUT2D eigenvalue weighted by Crippen LogP contribution is 2.30. The smallest absolute Gasteiger partial charge is 0.243 e. The van der Waals surface area contributed by atoms with Crippen molar-refractivity contribution in [3.05, 3.63) is 143 Å². The molecule has 78 heavy (non-hydrogen) atoms. The van der Waals surface area contributed by atoms with Gasteiger partial charge in [-0.3, -0.25) is 43.0 Å². The first-order valence-electron chi connectivity index (χ1n) is 26.2. The van der Waals surface area contributed by atoms with Gasteiger partial charge in [0.2, 0.25) is 41.4 Å². The van der Waals surface area contributed by atoms with Gasteiger partial charge in [0, 0.05) is 68.4 Å². The summed E-state index contributed by atoms with van der Waals surface area (Å²) in [6, 6.07) is 25.0. The minimum atomic E-state index is -1.30. The Labute approximate surface area is 452 Å². The number of nitrogens with one attached hydrogen (secondary N) is 7. The lowest BCUT2D eigenvalue weighted by atomic mass is 9.76. The number of aromatic nitrogens is 4. The molecule has 0 radical (unpaired) electrons. The second kappa shape index (κ2) is 26.4. The summed E-state index contributed by atoms with van der Waals surface area (Å²) in [6.07, 6.45) is 3.90.